The SMILES string of the molecule is N#CC1(c2cc(F)cc(Sc3ccc4c(ccc5cnc(-c6ccccc6)n54)c3)c2)CCOCC1. The Hall–Kier alpha value is -3.66. The molecule has 0 unspecified atom stereocenters. The van der Waals surface area contributed by atoms with Gasteiger partial charge in [0.15, 0.2) is 0 Å². The number of aromatic nitrogens is 2. The second-order valence-corrected chi connectivity index (χ2v) is 9.99. The van der Waals surface area contributed by atoms with E-state index in [-0.39, 0.29) is 5.82 Å². The molecule has 3 aromatic carbocycles. The molecule has 1 aliphatic rings. The number of imidazole rings is 1. The number of hydrogen-bond donors (Lipinski definition) is 0. The summed E-state index contributed by atoms with van der Waals surface area (Å²) in [5.41, 5.74) is 3.20. The summed E-state index contributed by atoms with van der Waals surface area (Å²) in [5, 5.41) is 11.0. The summed E-state index contributed by atoms with van der Waals surface area (Å²) in [7, 11) is 0. The molecular weight excluding hydrogens is 457 g/mol. The normalized spacial score (nSPS) is 15.3. The van der Waals surface area contributed by atoms with Crippen LogP contribution in [0.4, 0.5) is 4.39 Å². The molecule has 5 aromatic rings. The summed E-state index contributed by atoms with van der Waals surface area (Å²) in [6.07, 6.45) is 3.05. The van der Waals surface area contributed by atoms with E-state index in [4.69, 9.17) is 4.74 Å². The van der Waals surface area contributed by atoms with Crippen molar-refractivity contribution in [2.24, 2.45) is 0 Å². The number of rotatable bonds is 4. The third kappa shape index (κ3) is 3.97. The smallest absolute Gasteiger partial charge is 0.144 e. The number of nitriles is 1. The van der Waals surface area contributed by atoms with Gasteiger partial charge in [-0.2, -0.15) is 5.26 Å². The topological polar surface area (TPSA) is 50.3 Å². The molecule has 6 heteroatoms. The third-order valence-electron chi connectivity index (χ3n) is 6.71. The van der Waals surface area contributed by atoms with Crippen LogP contribution in [0.3, 0.4) is 0 Å². The lowest BCUT2D eigenvalue weighted by atomic mass is 9.75. The Morgan fingerprint density at radius 3 is 2.57 bits per heavy atom. The maximum atomic E-state index is 14.6. The Balaban J connectivity index is 1.38. The molecule has 35 heavy (non-hydrogen) atoms. The van der Waals surface area contributed by atoms with E-state index in [0.29, 0.717) is 26.1 Å². The molecule has 2 aromatic heterocycles. The predicted molar refractivity (Wildman–Crippen MR) is 136 cm³/mol. The molecule has 0 bridgehead atoms. The van der Waals surface area contributed by atoms with Crippen LogP contribution in [0.25, 0.3) is 27.8 Å². The molecule has 1 saturated heterocycles. The van der Waals surface area contributed by atoms with Crippen molar-refractivity contribution in [3.63, 3.8) is 0 Å². The number of fused-ring (bicyclic) bond motifs is 3. The summed E-state index contributed by atoms with van der Waals surface area (Å²) in [4.78, 5) is 6.46. The first kappa shape index (κ1) is 21.8. The van der Waals surface area contributed by atoms with Gasteiger partial charge in [-0.3, -0.25) is 4.40 Å². The average Bonchev–Trinajstić information content (AvgIpc) is 3.34. The van der Waals surface area contributed by atoms with Gasteiger partial charge < -0.3 is 4.74 Å². The summed E-state index contributed by atoms with van der Waals surface area (Å²) in [6, 6.07) is 28.0. The lowest BCUT2D eigenvalue weighted by Crippen LogP contribution is -2.32. The molecule has 0 spiro atoms. The van der Waals surface area contributed by atoms with Crippen molar-refractivity contribution in [3.8, 4) is 17.5 Å². The van der Waals surface area contributed by atoms with Gasteiger partial charge in [-0.05, 0) is 66.3 Å². The van der Waals surface area contributed by atoms with Crippen molar-refractivity contribution in [1.29, 1.82) is 5.26 Å². The van der Waals surface area contributed by atoms with Gasteiger partial charge in [0.05, 0.1) is 28.7 Å². The van der Waals surface area contributed by atoms with Crippen LogP contribution in [0.15, 0.2) is 94.9 Å². The van der Waals surface area contributed by atoms with Crippen LogP contribution in [0, 0.1) is 17.1 Å². The van der Waals surface area contributed by atoms with Crippen molar-refractivity contribution >= 4 is 28.2 Å². The standard InChI is InChI=1S/C29H22FN3OS/c30-23-15-22(29(19-31)10-12-34-13-11-29)16-26(17-23)35-25-8-9-27-21(14-25)6-7-24-18-32-28(33(24)27)20-4-2-1-3-5-20/h1-9,14-18H,10-13H2. The number of hydrogen-bond acceptors (Lipinski definition) is 4. The van der Waals surface area contributed by atoms with E-state index >= 15 is 0 Å². The van der Waals surface area contributed by atoms with E-state index in [2.05, 4.69) is 57.9 Å². The first-order valence-electron chi connectivity index (χ1n) is 11.6. The van der Waals surface area contributed by atoms with E-state index in [1.807, 2.05) is 30.5 Å². The van der Waals surface area contributed by atoms with Crippen molar-refractivity contribution in [3.05, 3.63) is 96.4 Å². The van der Waals surface area contributed by atoms with Crippen LogP contribution in [0.2, 0.25) is 0 Å². The molecule has 3 heterocycles. The lowest BCUT2D eigenvalue weighted by Gasteiger charge is -2.31. The Kier molecular flexibility index (Phi) is 5.52. The summed E-state index contributed by atoms with van der Waals surface area (Å²) in [6.45, 7) is 1.04. The number of nitrogens with zero attached hydrogens (tertiary/aromatic N) is 3. The fourth-order valence-electron chi connectivity index (χ4n) is 4.85. The molecule has 0 radical (unpaired) electrons. The Morgan fingerprint density at radius 2 is 1.77 bits per heavy atom. The minimum Gasteiger partial charge on any atom is -0.381 e. The van der Waals surface area contributed by atoms with Gasteiger partial charge in [0.25, 0.3) is 0 Å². The van der Waals surface area contributed by atoms with Gasteiger partial charge in [0.1, 0.15) is 11.6 Å². The fourth-order valence-corrected chi connectivity index (χ4v) is 5.81. The van der Waals surface area contributed by atoms with Crippen LogP contribution >= 0.6 is 11.8 Å². The van der Waals surface area contributed by atoms with Gasteiger partial charge in [-0.15, -0.1) is 0 Å². The molecule has 0 N–H and O–H groups in total. The van der Waals surface area contributed by atoms with Crippen molar-refractivity contribution in [1.82, 2.24) is 9.38 Å². The van der Waals surface area contributed by atoms with Crippen LogP contribution < -0.4 is 0 Å². The number of ether oxygens (including phenoxy) is 1. The molecule has 6 rings (SSSR count). The van der Waals surface area contributed by atoms with Gasteiger partial charge in [0, 0.05) is 28.6 Å². The first-order valence-corrected chi connectivity index (χ1v) is 12.4. The highest BCUT2D eigenvalue weighted by atomic mass is 32.2. The van der Waals surface area contributed by atoms with Gasteiger partial charge >= 0.3 is 0 Å². The Bertz CT molecular complexity index is 1580. The Labute approximate surface area is 207 Å². The third-order valence-corrected chi connectivity index (χ3v) is 7.68. The highest BCUT2D eigenvalue weighted by molar-refractivity contribution is 7.99. The molecule has 172 valence electrons. The quantitative estimate of drug-likeness (QED) is 0.278. The minimum atomic E-state index is -0.695. The van der Waals surface area contributed by atoms with Crippen molar-refractivity contribution < 1.29 is 9.13 Å². The second-order valence-electron chi connectivity index (χ2n) is 8.85. The molecule has 0 aliphatic carbocycles. The number of pyridine rings is 1. The van der Waals surface area contributed by atoms with Crippen LogP contribution in [0.1, 0.15) is 18.4 Å². The average molecular weight is 480 g/mol. The predicted octanol–water partition coefficient (Wildman–Crippen LogP) is 7.02. The van der Waals surface area contributed by atoms with E-state index in [9.17, 15) is 9.65 Å². The van der Waals surface area contributed by atoms with Gasteiger partial charge in [-0.1, -0.05) is 48.2 Å². The van der Waals surface area contributed by atoms with E-state index in [0.717, 1.165) is 43.2 Å². The Morgan fingerprint density at radius 1 is 0.943 bits per heavy atom. The van der Waals surface area contributed by atoms with E-state index in [1.54, 1.807) is 0 Å². The first-order chi connectivity index (χ1) is 17.1. The zero-order valence-electron chi connectivity index (χ0n) is 18.9. The van der Waals surface area contributed by atoms with Crippen LogP contribution in [-0.2, 0) is 10.2 Å². The summed E-state index contributed by atoms with van der Waals surface area (Å²) >= 11 is 1.51. The minimum absolute atomic E-state index is 0.320. The van der Waals surface area contributed by atoms with Gasteiger partial charge in [-0.25, -0.2) is 9.37 Å². The molecule has 4 nitrogen and oxygen atoms in total. The van der Waals surface area contributed by atoms with Crippen molar-refractivity contribution in [2.45, 2.75) is 28.0 Å². The van der Waals surface area contributed by atoms with E-state index in [1.165, 1.54) is 23.9 Å². The maximum Gasteiger partial charge on any atom is 0.144 e. The fraction of sp³-hybridized carbons (Fsp3) is 0.172. The monoisotopic (exact) mass is 479 g/mol. The largest absolute Gasteiger partial charge is 0.381 e. The summed E-state index contributed by atoms with van der Waals surface area (Å²) < 4.78 is 22.2. The zero-order valence-corrected chi connectivity index (χ0v) is 19.8. The molecular formula is C29H22FN3OS. The molecule has 0 atom stereocenters. The number of halogens is 1. The highest BCUT2D eigenvalue weighted by Gasteiger charge is 2.35. The lowest BCUT2D eigenvalue weighted by molar-refractivity contribution is 0.0674. The van der Waals surface area contributed by atoms with E-state index < -0.39 is 5.41 Å². The summed E-state index contributed by atoms with van der Waals surface area (Å²) in [5.74, 6) is 0.583. The van der Waals surface area contributed by atoms with Crippen molar-refractivity contribution in [2.75, 3.05) is 13.2 Å². The van der Waals surface area contributed by atoms with Crippen LogP contribution in [0.5, 0.6) is 0 Å². The molecule has 1 aliphatic heterocycles. The number of benzene rings is 3. The molecule has 0 saturated carbocycles. The van der Waals surface area contributed by atoms with Crippen LogP contribution in [-0.4, -0.2) is 22.6 Å². The molecule has 1 fully saturated rings. The highest BCUT2D eigenvalue weighted by Crippen LogP contribution is 2.38. The zero-order chi connectivity index (χ0) is 23.8. The van der Waals surface area contributed by atoms with Gasteiger partial charge in [0.2, 0.25) is 0 Å². The maximum absolute atomic E-state index is 14.6. The molecule has 0 amide bonds. The second kappa shape index (κ2) is 8.84.